The molecule has 0 saturated heterocycles. The lowest BCUT2D eigenvalue weighted by molar-refractivity contribution is -0.384. The highest BCUT2D eigenvalue weighted by atomic mass is 16.6. The first-order valence-corrected chi connectivity index (χ1v) is 12.3. The van der Waals surface area contributed by atoms with Gasteiger partial charge in [-0.15, -0.1) is 0 Å². The topological polar surface area (TPSA) is 108 Å². The number of nitrogens with one attached hydrogen (secondary N) is 1. The molecule has 0 radical (unpaired) electrons. The Hall–Kier alpha value is -4.46. The van der Waals surface area contributed by atoms with E-state index in [0.29, 0.717) is 12.0 Å². The van der Waals surface area contributed by atoms with Crippen LogP contribution in [0.3, 0.4) is 0 Å². The molecule has 3 unspecified atom stereocenters. The Bertz CT molecular complexity index is 1400. The monoisotopic (exact) mass is 498 g/mol. The summed E-state index contributed by atoms with van der Waals surface area (Å²) in [7, 11) is 0. The zero-order chi connectivity index (χ0) is 25.9. The molecule has 1 heterocycles. The molecule has 1 N–H and O–H groups in total. The number of carbonyl (C=O) groups is 2. The van der Waals surface area contributed by atoms with Crippen LogP contribution in [0.15, 0.2) is 78.9 Å². The van der Waals surface area contributed by atoms with Crippen molar-refractivity contribution in [3.05, 3.63) is 111 Å². The minimum absolute atomic E-state index is 0.0459. The zero-order valence-electron chi connectivity index (χ0n) is 20.3. The van der Waals surface area contributed by atoms with Crippen LogP contribution in [0.4, 0.5) is 11.4 Å². The van der Waals surface area contributed by atoms with Gasteiger partial charge in [-0.2, -0.15) is 0 Å². The van der Waals surface area contributed by atoms with Gasteiger partial charge < -0.3 is 14.8 Å². The maximum Gasteiger partial charge on any atom is 0.343 e. The number of allylic oxidation sites excluding steroid dienone is 2. The van der Waals surface area contributed by atoms with Crippen molar-refractivity contribution in [2.45, 2.75) is 31.7 Å². The van der Waals surface area contributed by atoms with E-state index >= 15 is 0 Å². The van der Waals surface area contributed by atoms with Gasteiger partial charge >= 0.3 is 11.9 Å². The van der Waals surface area contributed by atoms with Gasteiger partial charge in [-0.05, 0) is 60.2 Å². The molecule has 2 aliphatic rings. The number of carbonyl (C=O) groups excluding carboxylic acids is 2. The van der Waals surface area contributed by atoms with E-state index in [1.54, 1.807) is 42.5 Å². The van der Waals surface area contributed by atoms with E-state index in [0.717, 1.165) is 23.2 Å². The molecule has 37 heavy (non-hydrogen) atoms. The van der Waals surface area contributed by atoms with Gasteiger partial charge in [-0.3, -0.25) is 10.1 Å². The highest BCUT2D eigenvalue weighted by molar-refractivity contribution is 5.96. The first kappa shape index (κ1) is 24.2. The molecule has 188 valence electrons. The fourth-order valence-corrected chi connectivity index (χ4v) is 5.04. The van der Waals surface area contributed by atoms with E-state index in [9.17, 15) is 19.7 Å². The van der Waals surface area contributed by atoms with Crippen LogP contribution in [-0.2, 0) is 4.74 Å². The lowest BCUT2D eigenvalue weighted by atomic mass is 9.76. The van der Waals surface area contributed by atoms with Crippen molar-refractivity contribution >= 4 is 23.3 Å². The molecule has 0 saturated carbocycles. The molecule has 0 bridgehead atoms. The highest BCUT2D eigenvalue weighted by Crippen LogP contribution is 2.50. The summed E-state index contributed by atoms with van der Waals surface area (Å²) in [6.07, 6.45) is 5.74. The maximum atomic E-state index is 13.1. The minimum atomic E-state index is -0.571. The number of ether oxygens (including phenoxy) is 2. The minimum Gasteiger partial charge on any atom is -0.462 e. The number of nitro benzene ring substituents is 1. The van der Waals surface area contributed by atoms with Crippen molar-refractivity contribution in [3.8, 4) is 5.75 Å². The SMILES string of the molecule is CCCOC(=O)c1ccccc1OC(=O)c1ccc2c(c1)C1C=CCC1C(c1cccc([N+](=O)[O-])c1)N2. The van der Waals surface area contributed by atoms with E-state index in [1.165, 1.54) is 6.07 Å². The summed E-state index contributed by atoms with van der Waals surface area (Å²) in [5.41, 5.74) is 3.31. The second-order valence-corrected chi connectivity index (χ2v) is 9.15. The number of hydrogen-bond donors (Lipinski definition) is 1. The number of para-hydroxylation sites is 1. The lowest BCUT2D eigenvalue weighted by Crippen LogP contribution is -2.29. The number of nitrogens with zero attached hydrogens (tertiary/aromatic N) is 1. The fourth-order valence-electron chi connectivity index (χ4n) is 5.04. The molecule has 5 rings (SSSR count). The molecule has 0 fully saturated rings. The third kappa shape index (κ3) is 4.82. The third-order valence-corrected chi connectivity index (χ3v) is 6.79. The Morgan fingerprint density at radius 3 is 2.70 bits per heavy atom. The number of benzene rings is 3. The molecule has 3 aromatic rings. The van der Waals surface area contributed by atoms with Crippen LogP contribution < -0.4 is 10.1 Å². The quantitative estimate of drug-likeness (QED) is 0.136. The van der Waals surface area contributed by atoms with E-state index in [2.05, 4.69) is 17.5 Å². The first-order valence-electron chi connectivity index (χ1n) is 12.3. The average Bonchev–Trinajstić information content (AvgIpc) is 3.42. The van der Waals surface area contributed by atoms with E-state index in [1.807, 2.05) is 25.1 Å². The van der Waals surface area contributed by atoms with Crippen molar-refractivity contribution in [2.75, 3.05) is 11.9 Å². The van der Waals surface area contributed by atoms with Gasteiger partial charge in [-0.25, -0.2) is 9.59 Å². The molecule has 0 aromatic heterocycles. The standard InChI is InChI=1S/C29H26N2O6/c1-2-15-36-29(33)23-9-3-4-12-26(23)37-28(32)19-13-14-25-24(17-19)21-10-6-11-22(21)27(30-25)18-7-5-8-20(16-18)31(34)35/h3-10,12-14,16-17,21-22,27,30H,2,11,15H2,1H3. The summed E-state index contributed by atoms with van der Waals surface area (Å²) in [4.78, 5) is 36.4. The summed E-state index contributed by atoms with van der Waals surface area (Å²) >= 11 is 0. The van der Waals surface area contributed by atoms with Gasteiger partial charge in [0.05, 0.1) is 23.1 Å². The van der Waals surface area contributed by atoms with Crippen LogP contribution in [0.1, 0.15) is 63.6 Å². The molecule has 8 nitrogen and oxygen atoms in total. The summed E-state index contributed by atoms with van der Waals surface area (Å²) in [5.74, 6) is -0.767. The van der Waals surface area contributed by atoms with Gasteiger partial charge in [0.15, 0.2) is 0 Å². The Labute approximate surface area is 214 Å². The van der Waals surface area contributed by atoms with Crippen LogP contribution in [0.5, 0.6) is 5.75 Å². The first-order chi connectivity index (χ1) is 18.0. The molecule has 3 aromatic carbocycles. The highest BCUT2D eigenvalue weighted by Gasteiger charge is 2.38. The van der Waals surface area contributed by atoms with E-state index < -0.39 is 11.9 Å². The molecular formula is C29H26N2O6. The average molecular weight is 499 g/mol. The number of nitro groups is 1. The predicted molar refractivity (Wildman–Crippen MR) is 138 cm³/mol. The Morgan fingerprint density at radius 2 is 1.89 bits per heavy atom. The van der Waals surface area contributed by atoms with Gasteiger partial charge in [0.1, 0.15) is 11.3 Å². The normalized spacial score (nSPS) is 19.3. The number of anilines is 1. The summed E-state index contributed by atoms with van der Waals surface area (Å²) in [6, 6.07) is 18.5. The van der Waals surface area contributed by atoms with Gasteiger partial charge in [-0.1, -0.05) is 43.3 Å². The van der Waals surface area contributed by atoms with Gasteiger partial charge in [0.2, 0.25) is 0 Å². The van der Waals surface area contributed by atoms with Crippen molar-refractivity contribution < 1.29 is 24.0 Å². The fraction of sp³-hybridized carbons (Fsp3) is 0.241. The smallest absolute Gasteiger partial charge is 0.343 e. The Kier molecular flexibility index (Phi) is 6.72. The van der Waals surface area contributed by atoms with Gasteiger partial charge in [0, 0.05) is 23.7 Å². The summed E-state index contributed by atoms with van der Waals surface area (Å²) in [6.45, 7) is 2.19. The Balaban J connectivity index is 1.40. The van der Waals surface area contributed by atoms with Crippen molar-refractivity contribution in [1.82, 2.24) is 0 Å². The third-order valence-electron chi connectivity index (χ3n) is 6.79. The largest absolute Gasteiger partial charge is 0.462 e. The zero-order valence-corrected chi connectivity index (χ0v) is 20.3. The number of non-ortho nitro benzene ring substituents is 1. The van der Waals surface area contributed by atoms with Crippen LogP contribution in [-0.4, -0.2) is 23.5 Å². The van der Waals surface area contributed by atoms with Crippen molar-refractivity contribution in [1.29, 1.82) is 0 Å². The number of fused-ring (bicyclic) bond motifs is 3. The van der Waals surface area contributed by atoms with E-state index in [-0.39, 0.29) is 46.4 Å². The number of hydrogen-bond acceptors (Lipinski definition) is 7. The molecule has 8 heteroatoms. The number of esters is 2. The van der Waals surface area contributed by atoms with Crippen LogP contribution >= 0.6 is 0 Å². The molecule has 3 atom stereocenters. The summed E-state index contributed by atoms with van der Waals surface area (Å²) < 4.78 is 10.8. The van der Waals surface area contributed by atoms with E-state index in [4.69, 9.17) is 9.47 Å². The second-order valence-electron chi connectivity index (χ2n) is 9.15. The van der Waals surface area contributed by atoms with Crippen LogP contribution in [0, 0.1) is 16.0 Å². The molecule has 1 aliphatic carbocycles. The molecule has 1 aliphatic heterocycles. The predicted octanol–water partition coefficient (Wildman–Crippen LogP) is 6.21. The van der Waals surface area contributed by atoms with Crippen LogP contribution in [0.2, 0.25) is 0 Å². The summed E-state index contributed by atoms with van der Waals surface area (Å²) in [5, 5.41) is 14.8. The maximum absolute atomic E-state index is 13.1. The Morgan fingerprint density at radius 1 is 1.05 bits per heavy atom. The molecule has 0 amide bonds. The second kappa shape index (κ2) is 10.3. The van der Waals surface area contributed by atoms with Crippen LogP contribution in [0.25, 0.3) is 0 Å². The lowest BCUT2D eigenvalue weighted by Gasteiger charge is -2.37. The molecule has 0 spiro atoms. The van der Waals surface area contributed by atoms with Crippen molar-refractivity contribution in [3.63, 3.8) is 0 Å². The number of rotatable bonds is 7. The van der Waals surface area contributed by atoms with Crippen molar-refractivity contribution in [2.24, 2.45) is 5.92 Å². The van der Waals surface area contributed by atoms with Gasteiger partial charge in [0.25, 0.3) is 5.69 Å². The molecular weight excluding hydrogens is 472 g/mol.